The third-order valence-electron chi connectivity index (χ3n) is 3.95. The standard InChI is InChI=1S/C15H24BrN3/c1-10-6-5-7-11(10)9-17-13-8-12(16)18-14(19-13)15(2,3)4/h8,10-11H,5-7,9H2,1-4H3,(H,17,18,19). The van der Waals surface area contributed by atoms with Gasteiger partial charge >= 0.3 is 0 Å². The number of rotatable bonds is 3. The highest BCUT2D eigenvalue weighted by Crippen LogP contribution is 2.31. The van der Waals surface area contributed by atoms with E-state index in [1.807, 2.05) is 6.07 Å². The van der Waals surface area contributed by atoms with Crippen LogP contribution in [0.15, 0.2) is 10.7 Å². The number of anilines is 1. The first-order valence-electron chi connectivity index (χ1n) is 7.15. The summed E-state index contributed by atoms with van der Waals surface area (Å²) in [5.41, 5.74) is -0.0269. The highest BCUT2D eigenvalue weighted by Gasteiger charge is 2.23. The average Bonchev–Trinajstić information content (AvgIpc) is 2.70. The zero-order valence-electron chi connectivity index (χ0n) is 12.3. The van der Waals surface area contributed by atoms with Crippen LogP contribution in [0.1, 0.15) is 52.8 Å². The maximum absolute atomic E-state index is 4.64. The van der Waals surface area contributed by atoms with Gasteiger partial charge in [0.15, 0.2) is 0 Å². The molecular weight excluding hydrogens is 302 g/mol. The van der Waals surface area contributed by atoms with Crippen LogP contribution in [0.2, 0.25) is 0 Å². The first kappa shape index (κ1) is 14.8. The maximum Gasteiger partial charge on any atom is 0.137 e. The average molecular weight is 326 g/mol. The van der Waals surface area contributed by atoms with Crippen LogP contribution < -0.4 is 5.32 Å². The van der Waals surface area contributed by atoms with Gasteiger partial charge in [-0.3, -0.25) is 0 Å². The number of nitrogens with zero attached hydrogens (tertiary/aromatic N) is 2. The Balaban J connectivity index is 2.06. The van der Waals surface area contributed by atoms with Crippen molar-refractivity contribution in [3.05, 3.63) is 16.5 Å². The summed E-state index contributed by atoms with van der Waals surface area (Å²) < 4.78 is 0.856. The molecule has 1 N–H and O–H groups in total. The highest BCUT2D eigenvalue weighted by atomic mass is 79.9. The molecule has 1 heterocycles. The van der Waals surface area contributed by atoms with E-state index in [1.165, 1.54) is 19.3 Å². The van der Waals surface area contributed by atoms with E-state index in [-0.39, 0.29) is 5.41 Å². The lowest BCUT2D eigenvalue weighted by molar-refractivity contribution is 0.439. The zero-order chi connectivity index (χ0) is 14.0. The molecule has 1 aliphatic rings. The molecule has 106 valence electrons. The van der Waals surface area contributed by atoms with Gasteiger partial charge in [0.2, 0.25) is 0 Å². The van der Waals surface area contributed by atoms with Crippen LogP contribution in [0.4, 0.5) is 5.82 Å². The van der Waals surface area contributed by atoms with Crippen LogP contribution in [-0.4, -0.2) is 16.5 Å². The number of aromatic nitrogens is 2. The van der Waals surface area contributed by atoms with Crippen molar-refractivity contribution in [2.75, 3.05) is 11.9 Å². The predicted octanol–water partition coefficient (Wildman–Crippen LogP) is 4.38. The maximum atomic E-state index is 4.64. The summed E-state index contributed by atoms with van der Waals surface area (Å²) in [4.78, 5) is 9.10. The molecule has 1 fully saturated rings. The van der Waals surface area contributed by atoms with Gasteiger partial charge in [-0.05, 0) is 34.2 Å². The molecule has 0 spiro atoms. The molecule has 3 nitrogen and oxygen atoms in total. The Morgan fingerprint density at radius 1 is 1.32 bits per heavy atom. The molecule has 4 heteroatoms. The number of hydrogen-bond acceptors (Lipinski definition) is 3. The zero-order valence-corrected chi connectivity index (χ0v) is 13.9. The molecule has 1 aromatic rings. The van der Waals surface area contributed by atoms with Gasteiger partial charge in [-0.1, -0.05) is 40.5 Å². The molecule has 2 unspecified atom stereocenters. The second kappa shape index (κ2) is 5.78. The van der Waals surface area contributed by atoms with E-state index < -0.39 is 0 Å². The monoisotopic (exact) mass is 325 g/mol. The minimum Gasteiger partial charge on any atom is -0.370 e. The molecule has 0 bridgehead atoms. The third-order valence-corrected chi connectivity index (χ3v) is 4.36. The van der Waals surface area contributed by atoms with Crippen LogP contribution in [-0.2, 0) is 5.41 Å². The van der Waals surface area contributed by atoms with Crippen molar-refractivity contribution in [1.29, 1.82) is 0 Å². The van der Waals surface area contributed by atoms with E-state index in [1.54, 1.807) is 0 Å². The van der Waals surface area contributed by atoms with Gasteiger partial charge in [0, 0.05) is 18.0 Å². The van der Waals surface area contributed by atoms with Gasteiger partial charge in [0.1, 0.15) is 16.2 Å². The van der Waals surface area contributed by atoms with Crippen LogP contribution in [0.25, 0.3) is 0 Å². The van der Waals surface area contributed by atoms with Gasteiger partial charge < -0.3 is 5.32 Å². The smallest absolute Gasteiger partial charge is 0.137 e. The molecule has 1 saturated carbocycles. The SMILES string of the molecule is CC1CCCC1CNc1cc(Br)nc(C(C)(C)C)n1. The van der Waals surface area contributed by atoms with E-state index in [2.05, 4.69) is 58.9 Å². The van der Waals surface area contributed by atoms with E-state index in [4.69, 9.17) is 0 Å². The van der Waals surface area contributed by atoms with Crippen LogP contribution >= 0.6 is 15.9 Å². The summed E-state index contributed by atoms with van der Waals surface area (Å²) in [7, 11) is 0. The van der Waals surface area contributed by atoms with E-state index in [0.717, 1.165) is 34.6 Å². The molecule has 0 radical (unpaired) electrons. The van der Waals surface area contributed by atoms with E-state index >= 15 is 0 Å². The van der Waals surface area contributed by atoms with E-state index in [0.29, 0.717) is 0 Å². The molecule has 0 amide bonds. The molecule has 0 aromatic carbocycles. The Labute approximate surface area is 124 Å². The van der Waals surface area contributed by atoms with Gasteiger partial charge in [-0.2, -0.15) is 0 Å². The molecule has 1 aliphatic carbocycles. The van der Waals surface area contributed by atoms with Crippen molar-refractivity contribution < 1.29 is 0 Å². The fourth-order valence-corrected chi connectivity index (χ4v) is 2.99. The Hall–Kier alpha value is -0.640. The molecule has 1 aromatic heterocycles. The normalized spacial score (nSPS) is 23.6. The topological polar surface area (TPSA) is 37.8 Å². The summed E-state index contributed by atoms with van der Waals surface area (Å²) in [6.45, 7) is 9.79. The Bertz CT molecular complexity index is 440. The fourth-order valence-electron chi connectivity index (χ4n) is 2.60. The van der Waals surface area contributed by atoms with Crippen molar-refractivity contribution in [2.24, 2.45) is 11.8 Å². The molecule has 0 aliphatic heterocycles. The van der Waals surface area contributed by atoms with Crippen LogP contribution in [0.5, 0.6) is 0 Å². The first-order chi connectivity index (χ1) is 8.86. The first-order valence-corrected chi connectivity index (χ1v) is 7.94. The Kier molecular flexibility index (Phi) is 4.49. The minimum atomic E-state index is -0.0269. The van der Waals surface area contributed by atoms with Crippen LogP contribution in [0, 0.1) is 11.8 Å². The van der Waals surface area contributed by atoms with Crippen LogP contribution in [0.3, 0.4) is 0 Å². The predicted molar refractivity (Wildman–Crippen MR) is 83.4 cm³/mol. The Morgan fingerprint density at radius 2 is 2.05 bits per heavy atom. The van der Waals surface area contributed by atoms with Gasteiger partial charge in [0.05, 0.1) is 0 Å². The number of nitrogens with one attached hydrogen (secondary N) is 1. The lowest BCUT2D eigenvalue weighted by atomic mass is 9.96. The van der Waals surface area contributed by atoms with Crippen molar-refractivity contribution in [2.45, 2.75) is 52.4 Å². The second-order valence-electron chi connectivity index (χ2n) is 6.70. The molecule has 0 saturated heterocycles. The lowest BCUT2D eigenvalue weighted by Gasteiger charge is -2.20. The van der Waals surface area contributed by atoms with Crippen molar-refractivity contribution in [1.82, 2.24) is 9.97 Å². The number of hydrogen-bond donors (Lipinski definition) is 1. The quantitative estimate of drug-likeness (QED) is 0.838. The van der Waals surface area contributed by atoms with Crippen molar-refractivity contribution in [3.63, 3.8) is 0 Å². The molecular formula is C15H24BrN3. The number of halogens is 1. The summed E-state index contributed by atoms with van der Waals surface area (Å²) in [5.74, 6) is 3.43. The minimum absolute atomic E-state index is 0.0269. The summed E-state index contributed by atoms with van der Waals surface area (Å²) >= 11 is 3.48. The van der Waals surface area contributed by atoms with Crippen molar-refractivity contribution in [3.8, 4) is 0 Å². The lowest BCUT2D eigenvalue weighted by Crippen LogP contribution is -2.20. The second-order valence-corrected chi connectivity index (χ2v) is 7.51. The van der Waals surface area contributed by atoms with E-state index in [9.17, 15) is 0 Å². The van der Waals surface area contributed by atoms with Crippen molar-refractivity contribution >= 4 is 21.7 Å². The summed E-state index contributed by atoms with van der Waals surface area (Å²) in [6, 6.07) is 1.97. The largest absolute Gasteiger partial charge is 0.370 e. The molecule has 2 atom stereocenters. The van der Waals surface area contributed by atoms with Gasteiger partial charge in [-0.25, -0.2) is 9.97 Å². The summed E-state index contributed by atoms with van der Waals surface area (Å²) in [5, 5.41) is 3.49. The highest BCUT2D eigenvalue weighted by molar-refractivity contribution is 9.10. The summed E-state index contributed by atoms with van der Waals surface area (Å²) in [6.07, 6.45) is 4.08. The Morgan fingerprint density at radius 3 is 2.63 bits per heavy atom. The fraction of sp³-hybridized carbons (Fsp3) is 0.733. The van der Waals surface area contributed by atoms with Gasteiger partial charge in [0.25, 0.3) is 0 Å². The third kappa shape index (κ3) is 3.91. The van der Waals surface area contributed by atoms with Gasteiger partial charge in [-0.15, -0.1) is 0 Å². The molecule has 19 heavy (non-hydrogen) atoms. The molecule has 2 rings (SSSR count).